The Morgan fingerprint density at radius 3 is 2.76 bits per heavy atom. The van der Waals surface area contributed by atoms with Gasteiger partial charge >= 0.3 is 0 Å². The Labute approximate surface area is 166 Å². The maximum absolute atomic E-state index is 13.4. The molecule has 0 aliphatic carbocycles. The second kappa shape index (κ2) is 7.46. The van der Waals surface area contributed by atoms with Crippen LogP contribution in [-0.4, -0.2) is 52.6 Å². The van der Waals surface area contributed by atoms with E-state index in [0.29, 0.717) is 47.6 Å². The molecule has 0 radical (unpaired) electrons. The Kier molecular flexibility index (Phi) is 4.84. The van der Waals surface area contributed by atoms with Gasteiger partial charge in [-0.1, -0.05) is 12.1 Å². The number of hydrogen-bond donors (Lipinski definition) is 1. The summed E-state index contributed by atoms with van der Waals surface area (Å²) in [7, 11) is 1.45. The van der Waals surface area contributed by atoms with Gasteiger partial charge in [0, 0.05) is 24.7 Å². The fourth-order valence-corrected chi connectivity index (χ4v) is 3.61. The van der Waals surface area contributed by atoms with Crippen LogP contribution in [0.4, 0.5) is 10.1 Å². The summed E-state index contributed by atoms with van der Waals surface area (Å²) >= 11 is 0. The quantitative estimate of drug-likeness (QED) is 0.804. The maximum Gasteiger partial charge on any atom is 0.277 e. The molecule has 0 saturated heterocycles. The number of pyridine rings is 1. The fourth-order valence-electron chi connectivity index (χ4n) is 3.61. The van der Waals surface area contributed by atoms with Gasteiger partial charge in [0.05, 0.1) is 24.1 Å². The summed E-state index contributed by atoms with van der Waals surface area (Å²) in [4.78, 5) is 44.0. The number of halogens is 1. The van der Waals surface area contributed by atoms with Crippen LogP contribution in [-0.2, 0) is 14.4 Å². The number of imide groups is 1. The van der Waals surface area contributed by atoms with Crippen molar-refractivity contribution in [2.45, 2.75) is 12.8 Å². The largest absolute Gasteiger partial charge is 0.357 e. The lowest BCUT2D eigenvalue weighted by Crippen LogP contribution is -2.38. The summed E-state index contributed by atoms with van der Waals surface area (Å²) in [5.74, 6) is -1.30. The van der Waals surface area contributed by atoms with Crippen LogP contribution in [0, 0.1) is 5.82 Å². The molecule has 0 saturated carbocycles. The molecule has 0 atom stereocenters. The van der Waals surface area contributed by atoms with E-state index in [1.54, 1.807) is 29.2 Å². The van der Waals surface area contributed by atoms with Crippen molar-refractivity contribution in [1.29, 1.82) is 0 Å². The van der Waals surface area contributed by atoms with Crippen molar-refractivity contribution < 1.29 is 18.8 Å². The summed E-state index contributed by atoms with van der Waals surface area (Å²) < 4.78 is 13.4. The Morgan fingerprint density at radius 2 is 2.03 bits per heavy atom. The first-order valence-electron chi connectivity index (χ1n) is 9.26. The zero-order valence-electron chi connectivity index (χ0n) is 15.8. The minimum atomic E-state index is -0.362. The number of nitrogens with one attached hydrogen (secondary N) is 1. The third kappa shape index (κ3) is 3.61. The van der Waals surface area contributed by atoms with Gasteiger partial charge in [-0.25, -0.2) is 4.39 Å². The summed E-state index contributed by atoms with van der Waals surface area (Å²) in [6.07, 6.45) is 2.76. The average Bonchev–Trinajstić information content (AvgIpc) is 2.93. The van der Waals surface area contributed by atoms with Gasteiger partial charge < -0.3 is 10.2 Å². The van der Waals surface area contributed by atoms with Gasteiger partial charge in [-0.2, -0.15) is 0 Å². The van der Waals surface area contributed by atoms with Gasteiger partial charge in [-0.3, -0.25) is 24.3 Å². The highest BCUT2D eigenvalue weighted by molar-refractivity contribution is 6.19. The van der Waals surface area contributed by atoms with Crippen molar-refractivity contribution in [1.82, 2.24) is 14.8 Å². The molecule has 7 nitrogen and oxygen atoms in total. The van der Waals surface area contributed by atoms with Crippen molar-refractivity contribution in [3.8, 4) is 11.3 Å². The zero-order valence-corrected chi connectivity index (χ0v) is 15.8. The minimum Gasteiger partial charge on any atom is -0.357 e. The molecule has 3 heterocycles. The van der Waals surface area contributed by atoms with Crippen LogP contribution in [0.15, 0.2) is 53.9 Å². The molecule has 2 aliphatic rings. The molecular weight excluding hydrogens is 375 g/mol. The number of hydrogen-bond acceptors (Lipinski definition) is 5. The van der Waals surface area contributed by atoms with E-state index >= 15 is 0 Å². The number of likely N-dealkylation sites (N-methyl/N-ethyl adjacent to an activating group) is 1. The van der Waals surface area contributed by atoms with Crippen LogP contribution in [0.5, 0.6) is 0 Å². The average molecular weight is 394 g/mol. The Morgan fingerprint density at radius 1 is 1.21 bits per heavy atom. The number of carbonyl (C=O) groups excluding carboxylic acids is 3. The molecule has 0 unspecified atom stereocenters. The molecule has 1 aromatic heterocycles. The SMILES string of the molecule is CN1C(=O)C2=C(C1=O)N(CC(=O)Nc1ccc(-c3cccc(F)c3)nc1)CCC2. The van der Waals surface area contributed by atoms with E-state index < -0.39 is 0 Å². The van der Waals surface area contributed by atoms with Crippen molar-refractivity contribution in [3.05, 3.63) is 59.7 Å². The second-order valence-corrected chi connectivity index (χ2v) is 7.01. The standard InChI is InChI=1S/C21H19FN4O3/c1-25-20(28)16-6-3-9-26(19(16)21(25)29)12-18(27)24-15-7-8-17(23-11-15)13-4-2-5-14(22)10-13/h2,4-5,7-8,10-11H,3,6,9,12H2,1H3,(H,24,27). The number of aromatic nitrogens is 1. The van der Waals surface area contributed by atoms with Gasteiger partial charge in [-0.15, -0.1) is 0 Å². The van der Waals surface area contributed by atoms with Crippen molar-refractivity contribution in [2.24, 2.45) is 0 Å². The molecule has 3 amide bonds. The molecule has 2 aliphatic heterocycles. The van der Waals surface area contributed by atoms with E-state index in [-0.39, 0.29) is 30.1 Å². The third-order valence-corrected chi connectivity index (χ3v) is 5.03. The molecular formula is C21H19FN4O3. The minimum absolute atomic E-state index is 0.0304. The Balaban J connectivity index is 1.44. The van der Waals surface area contributed by atoms with Crippen LogP contribution >= 0.6 is 0 Å². The first-order valence-corrected chi connectivity index (χ1v) is 9.26. The third-order valence-electron chi connectivity index (χ3n) is 5.03. The van der Waals surface area contributed by atoms with E-state index in [1.165, 1.54) is 25.4 Å². The fraction of sp³-hybridized carbons (Fsp3) is 0.238. The molecule has 148 valence electrons. The van der Waals surface area contributed by atoms with Crippen LogP contribution in [0.3, 0.4) is 0 Å². The van der Waals surface area contributed by atoms with Crippen molar-refractivity contribution >= 4 is 23.4 Å². The lowest BCUT2D eigenvalue weighted by Gasteiger charge is -2.28. The van der Waals surface area contributed by atoms with Crippen LogP contribution in [0.1, 0.15) is 12.8 Å². The van der Waals surface area contributed by atoms with Gasteiger partial charge in [0.1, 0.15) is 11.5 Å². The highest BCUT2D eigenvalue weighted by Crippen LogP contribution is 2.30. The highest BCUT2D eigenvalue weighted by atomic mass is 19.1. The second-order valence-electron chi connectivity index (χ2n) is 7.01. The highest BCUT2D eigenvalue weighted by Gasteiger charge is 2.40. The number of nitrogens with zero attached hydrogens (tertiary/aromatic N) is 3. The number of amides is 3. The van der Waals surface area contributed by atoms with E-state index in [4.69, 9.17) is 0 Å². The monoisotopic (exact) mass is 394 g/mol. The molecule has 0 fully saturated rings. The van der Waals surface area contributed by atoms with Crippen LogP contribution < -0.4 is 5.32 Å². The molecule has 0 bridgehead atoms. The lowest BCUT2D eigenvalue weighted by atomic mass is 10.0. The summed E-state index contributed by atoms with van der Waals surface area (Å²) in [6.45, 7) is 0.507. The molecule has 1 aromatic carbocycles. The summed E-state index contributed by atoms with van der Waals surface area (Å²) in [6, 6.07) is 9.49. The molecule has 4 rings (SSSR count). The van der Waals surface area contributed by atoms with Gasteiger partial charge in [0.25, 0.3) is 11.8 Å². The predicted molar refractivity (Wildman–Crippen MR) is 104 cm³/mol. The summed E-state index contributed by atoms with van der Waals surface area (Å²) in [5, 5.41) is 2.75. The number of benzene rings is 1. The van der Waals surface area contributed by atoms with Gasteiger partial charge in [0.15, 0.2) is 0 Å². The number of anilines is 1. The van der Waals surface area contributed by atoms with Crippen LogP contribution in [0.25, 0.3) is 11.3 Å². The maximum atomic E-state index is 13.4. The number of rotatable bonds is 4. The van der Waals surface area contributed by atoms with Crippen LogP contribution in [0.2, 0.25) is 0 Å². The van der Waals surface area contributed by atoms with Crippen molar-refractivity contribution in [2.75, 3.05) is 25.5 Å². The zero-order chi connectivity index (χ0) is 20.5. The van der Waals surface area contributed by atoms with E-state index in [1.807, 2.05) is 0 Å². The summed E-state index contributed by atoms with van der Waals surface area (Å²) in [5.41, 5.74) is 2.54. The van der Waals surface area contributed by atoms with Crippen molar-refractivity contribution in [3.63, 3.8) is 0 Å². The number of carbonyl (C=O) groups is 3. The first-order chi connectivity index (χ1) is 13.9. The van der Waals surface area contributed by atoms with E-state index in [0.717, 1.165) is 4.90 Å². The van der Waals surface area contributed by atoms with Gasteiger partial charge in [0.2, 0.25) is 5.91 Å². The topological polar surface area (TPSA) is 82.6 Å². The van der Waals surface area contributed by atoms with E-state index in [9.17, 15) is 18.8 Å². The lowest BCUT2D eigenvalue weighted by molar-refractivity contribution is -0.136. The van der Waals surface area contributed by atoms with Gasteiger partial charge in [-0.05, 0) is 37.1 Å². The Hall–Kier alpha value is -3.55. The molecule has 0 spiro atoms. The molecule has 29 heavy (non-hydrogen) atoms. The molecule has 2 aromatic rings. The molecule has 1 N–H and O–H groups in total. The Bertz CT molecular complexity index is 1030. The molecule has 8 heteroatoms. The van der Waals surface area contributed by atoms with E-state index in [2.05, 4.69) is 10.3 Å². The predicted octanol–water partition coefficient (Wildman–Crippen LogP) is 2.17. The first kappa shape index (κ1) is 18.8. The smallest absolute Gasteiger partial charge is 0.277 e. The normalized spacial score (nSPS) is 16.3.